The third-order valence-corrected chi connectivity index (χ3v) is 5.38. The lowest BCUT2D eigenvalue weighted by atomic mass is 10.2. The highest BCUT2D eigenvalue weighted by Gasteiger charge is 2.15. The van der Waals surface area contributed by atoms with E-state index in [-0.39, 0.29) is 36.5 Å². The molecule has 188 valence electrons. The van der Waals surface area contributed by atoms with Crippen LogP contribution in [-0.4, -0.2) is 70.0 Å². The first kappa shape index (κ1) is 26.0. The van der Waals surface area contributed by atoms with Gasteiger partial charge in [0.25, 0.3) is 5.56 Å². The second-order valence-corrected chi connectivity index (χ2v) is 7.89. The number of nitrogens with zero attached hydrogens (tertiary/aromatic N) is 4. The smallest absolute Gasteiger partial charge is 0.293 e. The van der Waals surface area contributed by atoms with Gasteiger partial charge >= 0.3 is 0 Å². The molecular weight excluding hydrogens is 452 g/mol. The topological polar surface area (TPSA) is 140 Å². The number of nitrogens with one attached hydrogen (secondary N) is 2. The average molecular weight is 485 g/mol. The molecule has 0 radical (unpaired) electrons. The Bertz CT molecular complexity index is 1180. The van der Waals surface area contributed by atoms with Gasteiger partial charge in [0.05, 0.1) is 50.3 Å². The van der Waals surface area contributed by atoms with Crippen molar-refractivity contribution in [3.8, 4) is 17.1 Å². The quantitative estimate of drug-likeness (QED) is 0.308. The summed E-state index contributed by atoms with van der Waals surface area (Å²) in [6, 6.07) is 5.03. The molecule has 1 atom stereocenters. The SMILES string of the molecule is CCCOCCn1c(=O)c(NCC(=O)N[C@@H](CC)CO)nc2cnc(-c3ccc(OC)nc3)cc21. The number of carbonyl (C=O) groups is 1. The summed E-state index contributed by atoms with van der Waals surface area (Å²) < 4.78 is 12.3. The minimum absolute atomic E-state index is 0.0425. The Balaban J connectivity index is 1.93. The molecule has 3 aromatic rings. The maximum Gasteiger partial charge on any atom is 0.293 e. The van der Waals surface area contributed by atoms with Crippen LogP contribution in [0, 0.1) is 0 Å². The molecule has 0 aromatic carbocycles. The van der Waals surface area contributed by atoms with Gasteiger partial charge in [0.2, 0.25) is 11.8 Å². The fourth-order valence-electron chi connectivity index (χ4n) is 3.41. The third kappa shape index (κ3) is 6.74. The molecule has 11 heteroatoms. The molecule has 0 aliphatic rings. The second-order valence-electron chi connectivity index (χ2n) is 7.89. The summed E-state index contributed by atoms with van der Waals surface area (Å²) in [6.07, 6.45) is 4.71. The summed E-state index contributed by atoms with van der Waals surface area (Å²) in [7, 11) is 1.55. The van der Waals surface area contributed by atoms with Crippen molar-refractivity contribution < 1.29 is 19.4 Å². The number of aliphatic hydroxyl groups excluding tert-OH is 1. The monoisotopic (exact) mass is 484 g/mol. The fraction of sp³-hybridized carbons (Fsp3) is 0.458. The van der Waals surface area contributed by atoms with E-state index in [1.165, 1.54) is 0 Å². The zero-order valence-corrected chi connectivity index (χ0v) is 20.3. The van der Waals surface area contributed by atoms with E-state index in [9.17, 15) is 14.7 Å². The molecule has 0 saturated carbocycles. The van der Waals surface area contributed by atoms with E-state index in [2.05, 4.69) is 25.6 Å². The Labute approximate surface area is 203 Å². The van der Waals surface area contributed by atoms with Crippen molar-refractivity contribution in [3.63, 3.8) is 0 Å². The summed E-state index contributed by atoms with van der Waals surface area (Å²) in [5.41, 5.74) is 2.12. The molecule has 3 aromatic heterocycles. The molecule has 3 rings (SSSR count). The predicted molar refractivity (Wildman–Crippen MR) is 132 cm³/mol. The highest BCUT2D eigenvalue weighted by molar-refractivity contribution is 5.82. The zero-order valence-electron chi connectivity index (χ0n) is 20.3. The largest absolute Gasteiger partial charge is 0.481 e. The van der Waals surface area contributed by atoms with Crippen molar-refractivity contribution in [1.82, 2.24) is 24.8 Å². The number of hydrogen-bond acceptors (Lipinski definition) is 9. The number of aliphatic hydroxyl groups is 1. The van der Waals surface area contributed by atoms with Crippen LogP contribution in [0.3, 0.4) is 0 Å². The first-order valence-electron chi connectivity index (χ1n) is 11.6. The Morgan fingerprint density at radius 2 is 2.03 bits per heavy atom. The van der Waals surface area contributed by atoms with E-state index in [0.717, 1.165) is 12.0 Å². The number of anilines is 1. The molecule has 11 nitrogen and oxygen atoms in total. The van der Waals surface area contributed by atoms with Crippen LogP contribution >= 0.6 is 0 Å². The number of rotatable bonds is 13. The van der Waals surface area contributed by atoms with Crippen LogP contribution < -0.4 is 20.9 Å². The molecule has 0 fully saturated rings. The summed E-state index contributed by atoms with van der Waals surface area (Å²) in [5, 5.41) is 14.8. The minimum Gasteiger partial charge on any atom is -0.481 e. The molecule has 1 amide bonds. The van der Waals surface area contributed by atoms with Gasteiger partial charge in [-0.25, -0.2) is 9.97 Å². The molecule has 35 heavy (non-hydrogen) atoms. The Kier molecular flexibility index (Phi) is 9.50. The van der Waals surface area contributed by atoms with E-state index >= 15 is 0 Å². The van der Waals surface area contributed by atoms with Gasteiger partial charge < -0.3 is 29.8 Å². The summed E-state index contributed by atoms with van der Waals surface area (Å²) in [4.78, 5) is 38.6. The highest BCUT2D eigenvalue weighted by atomic mass is 16.5. The predicted octanol–water partition coefficient (Wildman–Crippen LogP) is 1.59. The van der Waals surface area contributed by atoms with Crippen LogP contribution in [0.4, 0.5) is 5.82 Å². The lowest BCUT2D eigenvalue weighted by Crippen LogP contribution is -2.40. The molecule has 3 heterocycles. The van der Waals surface area contributed by atoms with E-state index in [1.54, 1.807) is 36.2 Å². The van der Waals surface area contributed by atoms with Gasteiger partial charge in [-0.05, 0) is 25.0 Å². The van der Waals surface area contributed by atoms with E-state index in [1.807, 2.05) is 19.9 Å². The summed E-state index contributed by atoms with van der Waals surface area (Å²) in [5.74, 6) is 0.191. The minimum atomic E-state index is -0.371. The number of carbonyl (C=O) groups excluding carboxylic acids is 1. The van der Waals surface area contributed by atoms with Crippen LogP contribution in [0.5, 0.6) is 5.88 Å². The summed E-state index contributed by atoms with van der Waals surface area (Å²) >= 11 is 0. The van der Waals surface area contributed by atoms with Gasteiger partial charge in [0, 0.05) is 31.0 Å². The van der Waals surface area contributed by atoms with Crippen molar-refractivity contribution in [1.29, 1.82) is 0 Å². The Hall–Kier alpha value is -3.57. The number of methoxy groups -OCH3 is 1. The fourth-order valence-corrected chi connectivity index (χ4v) is 3.41. The second kappa shape index (κ2) is 12.8. The molecule has 0 saturated heterocycles. The molecule has 0 spiro atoms. The van der Waals surface area contributed by atoms with Crippen molar-refractivity contribution in [2.45, 2.75) is 39.3 Å². The number of amides is 1. The van der Waals surface area contributed by atoms with Gasteiger partial charge in [-0.15, -0.1) is 0 Å². The number of aromatic nitrogens is 4. The first-order valence-corrected chi connectivity index (χ1v) is 11.6. The number of pyridine rings is 2. The highest BCUT2D eigenvalue weighted by Crippen LogP contribution is 2.22. The van der Waals surface area contributed by atoms with Crippen LogP contribution in [0.1, 0.15) is 26.7 Å². The maximum absolute atomic E-state index is 13.3. The third-order valence-electron chi connectivity index (χ3n) is 5.38. The molecule has 3 N–H and O–H groups in total. The number of ether oxygens (including phenoxy) is 2. The summed E-state index contributed by atoms with van der Waals surface area (Å²) in [6.45, 7) is 4.83. The Morgan fingerprint density at radius 1 is 1.20 bits per heavy atom. The van der Waals surface area contributed by atoms with Gasteiger partial charge in [-0.2, -0.15) is 0 Å². The van der Waals surface area contributed by atoms with E-state index in [0.29, 0.717) is 48.8 Å². The van der Waals surface area contributed by atoms with E-state index < -0.39 is 0 Å². The molecule has 0 unspecified atom stereocenters. The first-order chi connectivity index (χ1) is 17.0. The molecular formula is C24H32N6O5. The standard InChI is InChI=1S/C24H32N6O5/c1-4-9-35-10-8-30-20-11-18(16-6-7-22(34-3)26-12-16)25-13-19(20)29-23(24(30)33)27-14-21(32)28-17(5-2)15-31/h6-7,11-13,17,31H,4-5,8-10,14-15H2,1-3H3,(H,27,29)(H,28,32)/t17-/m0/s1. The molecule has 0 aliphatic heterocycles. The van der Waals surface area contributed by atoms with Crippen LogP contribution in [0.25, 0.3) is 22.3 Å². The number of fused-ring (bicyclic) bond motifs is 1. The number of hydrogen-bond donors (Lipinski definition) is 3. The van der Waals surface area contributed by atoms with Gasteiger partial charge in [0.15, 0.2) is 5.82 Å². The zero-order chi connectivity index (χ0) is 25.2. The van der Waals surface area contributed by atoms with Crippen LogP contribution in [-0.2, 0) is 16.1 Å². The lowest BCUT2D eigenvalue weighted by molar-refractivity contribution is -0.120. The van der Waals surface area contributed by atoms with Gasteiger partial charge in [-0.1, -0.05) is 13.8 Å². The van der Waals surface area contributed by atoms with E-state index in [4.69, 9.17) is 9.47 Å². The van der Waals surface area contributed by atoms with Gasteiger partial charge in [0.1, 0.15) is 5.52 Å². The van der Waals surface area contributed by atoms with Crippen molar-refractivity contribution in [3.05, 3.63) is 40.9 Å². The molecule has 0 aliphatic carbocycles. The lowest BCUT2D eigenvalue weighted by Gasteiger charge is -2.16. The van der Waals surface area contributed by atoms with Crippen LogP contribution in [0.15, 0.2) is 35.4 Å². The maximum atomic E-state index is 13.3. The Morgan fingerprint density at radius 3 is 2.69 bits per heavy atom. The molecule has 0 bridgehead atoms. The van der Waals surface area contributed by atoms with Crippen molar-refractivity contribution in [2.24, 2.45) is 0 Å². The van der Waals surface area contributed by atoms with Gasteiger partial charge in [-0.3, -0.25) is 14.6 Å². The van der Waals surface area contributed by atoms with Crippen molar-refractivity contribution in [2.75, 3.05) is 38.8 Å². The van der Waals surface area contributed by atoms with Crippen molar-refractivity contribution >= 4 is 22.8 Å². The normalized spacial score (nSPS) is 11.9. The average Bonchev–Trinajstić information content (AvgIpc) is 2.89. The van der Waals surface area contributed by atoms with Crippen LogP contribution in [0.2, 0.25) is 0 Å².